The number of rotatable bonds is 4. The quantitative estimate of drug-likeness (QED) is 0.286. The molecule has 0 saturated carbocycles. The van der Waals surface area contributed by atoms with Gasteiger partial charge in [-0.15, -0.1) is 0 Å². The number of ketones is 1. The summed E-state index contributed by atoms with van der Waals surface area (Å²) in [6.45, 7) is 0. The van der Waals surface area contributed by atoms with E-state index in [1.165, 1.54) is 5.56 Å². The summed E-state index contributed by atoms with van der Waals surface area (Å²) < 4.78 is 0. The van der Waals surface area contributed by atoms with Crippen molar-refractivity contribution in [1.82, 2.24) is 0 Å². The van der Waals surface area contributed by atoms with Crippen LogP contribution >= 0.6 is 0 Å². The summed E-state index contributed by atoms with van der Waals surface area (Å²) in [6, 6.07) is 43.1. The number of para-hydroxylation sites is 1. The molecule has 0 saturated heterocycles. The maximum absolute atomic E-state index is 13.5. The van der Waals surface area contributed by atoms with E-state index in [1.807, 2.05) is 66.7 Å². The van der Waals surface area contributed by atoms with Crippen molar-refractivity contribution in [3.05, 3.63) is 139 Å². The van der Waals surface area contributed by atoms with Crippen LogP contribution in [0.3, 0.4) is 0 Å². The molecule has 5 aromatic carbocycles. The summed E-state index contributed by atoms with van der Waals surface area (Å²) in [5.41, 5.74) is 8.80. The first-order valence-corrected chi connectivity index (χ1v) is 11.1. The van der Waals surface area contributed by atoms with Gasteiger partial charge in [-0.25, -0.2) is 0 Å². The molecule has 1 aliphatic carbocycles. The molecule has 0 N–H and O–H groups in total. The van der Waals surface area contributed by atoms with Crippen molar-refractivity contribution in [2.75, 3.05) is 4.90 Å². The van der Waals surface area contributed by atoms with Crippen molar-refractivity contribution in [2.24, 2.45) is 0 Å². The standard InChI is InChI=1S/C31H21NO/c33-31-28-15-8-7-14-26(28)27-16-9-17-29(30(27)31)32(24-12-5-2-6-13-24)25-20-18-23(19-21-25)22-10-3-1-4-11-22/h1-21H. The Hall–Kier alpha value is -4.43. The number of carbonyl (C=O) groups is 1. The molecule has 2 nitrogen and oxygen atoms in total. The number of benzene rings is 5. The molecule has 0 radical (unpaired) electrons. The topological polar surface area (TPSA) is 20.3 Å². The van der Waals surface area contributed by atoms with Gasteiger partial charge >= 0.3 is 0 Å². The summed E-state index contributed by atoms with van der Waals surface area (Å²) in [5.74, 6) is 0.0815. The second kappa shape index (κ2) is 7.92. The fraction of sp³-hybridized carbons (Fsp3) is 0. The number of hydrogen-bond acceptors (Lipinski definition) is 2. The van der Waals surface area contributed by atoms with Crippen LogP contribution < -0.4 is 4.90 Å². The molecule has 0 aromatic heterocycles. The molecule has 5 aromatic rings. The van der Waals surface area contributed by atoms with Crippen LogP contribution in [0.25, 0.3) is 22.3 Å². The van der Waals surface area contributed by atoms with Crippen LogP contribution in [0.15, 0.2) is 127 Å². The molecule has 0 fully saturated rings. The number of carbonyl (C=O) groups excluding carboxylic acids is 1. The van der Waals surface area contributed by atoms with Gasteiger partial charge < -0.3 is 4.90 Å². The molecule has 0 amide bonds. The average Bonchev–Trinajstić information content (AvgIpc) is 3.19. The predicted molar refractivity (Wildman–Crippen MR) is 135 cm³/mol. The van der Waals surface area contributed by atoms with Crippen LogP contribution in [-0.2, 0) is 0 Å². The van der Waals surface area contributed by atoms with Crippen LogP contribution in [0.4, 0.5) is 17.1 Å². The molecular weight excluding hydrogens is 402 g/mol. The molecular formula is C31H21NO. The maximum atomic E-state index is 13.5. The number of nitrogens with zero attached hydrogens (tertiary/aromatic N) is 1. The summed E-state index contributed by atoms with van der Waals surface area (Å²) in [6.07, 6.45) is 0. The molecule has 0 bridgehead atoms. The second-order valence-electron chi connectivity index (χ2n) is 8.16. The number of fused-ring (bicyclic) bond motifs is 3. The molecule has 0 unspecified atom stereocenters. The van der Waals surface area contributed by atoms with Crippen LogP contribution in [0.5, 0.6) is 0 Å². The monoisotopic (exact) mass is 423 g/mol. The fourth-order valence-electron chi connectivity index (χ4n) is 4.68. The van der Waals surface area contributed by atoms with Crippen molar-refractivity contribution in [2.45, 2.75) is 0 Å². The lowest BCUT2D eigenvalue weighted by molar-refractivity contribution is 0.104. The number of hydrogen-bond donors (Lipinski definition) is 0. The van der Waals surface area contributed by atoms with Crippen LogP contribution in [0.2, 0.25) is 0 Å². The molecule has 6 rings (SSSR count). The highest BCUT2D eigenvalue weighted by molar-refractivity contribution is 6.25. The first-order chi connectivity index (χ1) is 16.3. The lowest BCUT2D eigenvalue weighted by Crippen LogP contribution is -2.13. The van der Waals surface area contributed by atoms with Crippen molar-refractivity contribution < 1.29 is 4.79 Å². The van der Waals surface area contributed by atoms with Gasteiger partial charge in [0.15, 0.2) is 5.78 Å². The van der Waals surface area contributed by atoms with E-state index >= 15 is 0 Å². The molecule has 0 heterocycles. The highest BCUT2D eigenvalue weighted by Gasteiger charge is 2.31. The van der Waals surface area contributed by atoms with E-state index in [4.69, 9.17) is 0 Å². The molecule has 2 heteroatoms. The minimum Gasteiger partial charge on any atom is -0.310 e. The Balaban J connectivity index is 1.52. The van der Waals surface area contributed by atoms with E-state index in [0.29, 0.717) is 0 Å². The molecule has 33 heavy (non-hydrogen) atoms. The molecule has 1 aliphatic rings. The second-order valence-corrected chi connectivity index (χ2v) is 8.16. The van der Waals surface area contributed by atoms with Crippen LogP contribution in [-0.4, -0.2) is 5.78 Å². The Morgan fingerprint density at radius 3 is 1.70 bits per heavy atom. The first-order valence-electron chi connectivity index (χ1n) is 11.1. The SMILES string of the molecule is O=C1c2ccccc2-c2cccc(N(c3ccccc3)c3ccc(-c4ccccc4)cc3)c21. The van der Waals surface area contributed by atoms with E-state index in [-0.39, 0.29) is 5.78 Å². The zero-order chi connectivity index (χ0) is 22.2. The van der Waals surface area contributed by atoms with Gasteiger partial charge in [-0.05, 0) is 52.6 Å². The van der Waals surface area contributed by atoms with Gasteiger partial charge in [0.2, 0.25) is 0 Å². The predicted octanol–water partition coefficient (Wildman–Crippen LogP) is 8.03. The summed E-state index contributed by atoms with van der Waals surface area (Å²) in [4.78, 5) is 15.7. The minimum absolute atomic E-state index is 0.0815. The lowest BCUT2D eigenvalue weighted by Gasteiger charge is -2.27. The summed E-state index contributed by atoms with van der Waals surface area (Å²) >= 11 is 0. The van der Waals surface area contributed by atoms with E-state index in [1.54, 1.807) is 0 Å². The third-order valence-corrected chi connectivity index (χ3v) is 6.22. The fourth-order valence-corrected chi connectivity index (χ4v) is 4.68. The van der Waals surface area contributed by atoms with Gasteiger partial charge in [0, 0.05) is 16.9 Å². The Bertz CT molecular complexity index is 1450. The summed E-state index contributed by atoms with van der Waals surface area (Å²) in [5, 5.41) is 0. The normalized spacial score (nSPS) is 11.7. The molecule has 0 spiro atoms. The molecule has 0 aliphatic heterocycles. The van der Waals surface area contributed by atoms with Gasteiger partial charge in [-0.3, -0.25) is 4.79 Å². The van der Waals surface area contributed by atoms with Gasteiger partial charge in [-0.1, -0.05) is 97.1 Å². The van der Waals surface area contributed by atoms with Crippen molar-refractivity contribution >= 4 is 22.8 Å². The smallest absolute Gasteiger partial charge is 0.196 e. The lowest BCUT2D eigenvalue weighted by atomic mass is 10.0. The first kappa shape index (κ1) is 19.3. The summed E-state index contributed by atoms with van der Waals surface area (Å²) in [7, 11) is 0. The highest BCUT2D eigenvalue weighted by atomic mass is 16.1. The molecule has 0 atom stereocenters. The van der Waals surface area contributed by atoms with E-state index in [9.17, 15) is 4.79 Å². The minimum atomic E-state index is 0.0815. The van der Waals surface area contributed by atoms with E-state index in [2.05, 4.69) is 65.6 Å². The largest absolute Gasteiger partial charge is 0.310 e. The Labute approximate surface area is 193 Å². The highest BCUT2D eigenvalue weighted by Crippen LogP contribution is 2.45. The zero-order valence-corrected chi connectivity index (χ0v) is 18.0. The van der Waals surface area contributed by atoms with Crippen molar-refractivity contribution in [3.8, 4) is 22.3 Å². The van der Waals surface area contributed by atoms with Gasteiger partial charge in [0.05, 0.1) is 11.3 Å². The third kappa shape index (κ3) is 3.24. The Morgan fingerprint density at radius 1 is 0.424 bits per heavy atom. The van der Waals surface area contributed by atoms with Crippen molar-refractivity contribution in [3.63, 3.8) is 0 Å². The van der Waals surface area contributed by atoms with Gasteiger partial charge in [-0.2, -0.15) is 0 Å². The Kier molecular flexibility index (Phi) is 4.63. The van der Waals surface area contributed by atoms with Gasteiger partial charge in [0.1, 0.15) is 0 Å². The van der Waals surface area contributed by atoms with Crippen molar-refractivity contribution in [1.29, 1.82) is 0 Å². The Morgan fingerprint density at radius 2 is 0.970 bits per heavy atom. The third-order valence-electron chi connectivity index (χ3n) is 6.22. The maximum Gasteiger partial charge on any atom is 0.196 e. The van der Waals surface area contributed by atoms with Gasteiger partial charge in [0.25, 0.3) is 0 Å². The van der Waals surface area contributed by atoms with E-state index < -0.39 is 0 Å². The van der Waals surface area contributed by atoms with Crippen LogP contribution in [0, 0.1) is 0 Å². The van der Waals surface area contributed by atoms with E-state index in [0.717, 1.165) is 44.9 Å². The molecule has 156 valence electrons. The van der Waals surface area contributed by atoms with Crippen LogP contribution in [0.1, 0.15) is 15.9 Å². The average molecular weight is 424 g/mol. The zero-order valence-electron chi connectivity index (χ0n) is 18.0. The number of anilines is 3.